The Hall–Kier alpha value is -3.92. The molecule has 2 aromatic carbocycles. The van der Waals surface area contributed by atoms with Gasteiger partial charge in [0, 0.05) is 10.6 Å². The van der Waals surface area contributed by atoms with Crippen LogP contribution in [0.15, 0.2) is 63.2 Å². The molecule has 0 bridgehead atoms. The maximum absolute atomic E-state index is 11.9. The number of hydrogen-bond acceptors (Lipinski definition) is 7. The Morgan fingerprint density at radius 2 is 1.93 bits per heavy atom. The van der Waals surface area contributed by atoms with Gasteiger partial charge in [0.2, 0.25) is 5.82 Å². The fourth-order valence-electron chi connectivity index (χ4n) is 2.31. The number of hydrazone groups is 1. The van der Waals surface area contributed by atoms with Gasteiger partial charge in [0.1, 0.15) is 12.4 Å². The largest absolute Gasteiger partial charge is 0.488 e. The summed E-state index contributed by atoms with van der Waals surface area (Å²) in [5.41, 5.74) is 2.47. The maximum Gasteiger partial charge on any atom is 0.342 e. The Morgan fingerprint density at radius 1 is 1.17 bits per heavy atom. The standard InChI is InChI=1S/C19H17ClN6O4/c20-14-7-5-12(6-8-14)11-30-15-4-2-1-3-13(15)9-22-24-16(27)10-21-17-18(28)23-19(29)26-25-17/h1-9H,10-11H2,(H,21,25)(H,24,27)(H2,23,26,28,29)/b22-9+. The van der Waals surface area contributed by atoms with Gasteiger partial charge in [-0.2, -0.15) is 5.10 Å². The van der Waals surface area contributed by atoms with Crippen LogP contribution in [-0.2, 0) is 11.4 Å². The monoisotopic (exact) mass is 428 g/mol. The van der Waals surface area contributed by atoms with Gasteiger partial charge in [-0.05, 0) is 29.8 Å². The van der Waals surface area contributed by atoms with Gasteiger partial charge in [0.15, 0.2) is 0 Å². The molecular weight excluding hydrogens is 412 g/mol. The maximum atomic E-state index is 11.9. The van der Waals surface area contributed by atoms with Gasteiger partial charge >= 0.3 is 5.69 Å². The first-order chi connectivity index (χ1) is 14.5. The van der Waals surface area contributed by atoms with Crippen LogP contribution in [0.5, 0.6) is 5.75 Å². The summed E-state index contributed by atoms with van der Waals surface area (Å²) in [7, 11) is 0. The molecule has 0 saturated heterocycles. The fourth-order valence-corrected chi connectivity index (χ4v) is 2.43. The average Bonchev–Trinajstić information content (AvgIpc) is 2.73. The summed E-state index contributed by atoms with van der Waals surface area (Å²) in [6, 6.07) is 14.5. The van der Waals surface area contributed by atoms with Crippen molar-refractivity contribution in [3.63, 3.8) is 0 Å². The number of nitrogens with zero attached hydrogens (tertiary/aromatic N) is 2. The third kappa shape index (κ3) is 6.04. The lowest BCUT2D eigenvalue weighted by Gasteiger charge is -2.09. The van der Waals surface area contributed by atoms with E-state index in [0.29, 0.717) is 22.9 Å². The van der Waals surface area contributed by atoms with Crippen molar-refractivity contribution in [2.24, 2.45) is 5.10 Å². The van der Waals surface area contributed by atoms with Crippen LogP contribution in [0.2, 0.25) is 5.02 Å². The summed E-state index contributed by atoms with van der Waals surface area (Å²) in [4.78, 5) is 36.2. The minimum Gasteiger partial charge on any atom is -0.488 e. The van der Waals surface area contributed by atoms with Gasteiger partial charge < -0.3 is 10.1 Å². The van der Waals surface area contributed by atoms with E-state index < -0.39 is 17.2 Å². The molecular formula is C19H17ClN6O4. The first-order valence-corrected chi connectivity index (χ1v) is 9.10. The van der Waals surface area contributed by atoms with Crippen molar-refractivity contribution in [1.82, 2.24) is 20.6 Å². The zero-order valence-electron chi connectivity index (χ0n) is 15.5. The summed E-state index contributed by atoms with van der Waals surface area (Å²) >= 11 is 5.88. The SMILES string of the molecule is O=C(CNc1n[nH]c(=O)[nH]c1=O)N/N=C/c1ccccc1OCc1ccc(Cl)cc1. The number of aromatic amines is 2. The molecule has 3 aromatic rings. The number of H-pyrrole nitrogens is 2. The van der Waals surface area contributed by atoms with Crippen molar-refractivity contribution >= 4 is 29.5 Å². The molecule has 0 atom stereocenters. The van der Waals surface area contributed by atoms with E-state index in [1.807, 2.05) is 29.2 Å². The van der Waals surface area contributed by atoms with E-state index >= 15 is 0 Å². The van der Waals surface area contributed by atoms with Crippen LogP contribution in [0.3, 0.4) is 0 Å². The highest BCUT2D eigenvalue weighted by Gasteiger charge is 2.05. The molecule has 1 heterocycles. The number of aromatic nitrogens is 3. The van der Waals surface area contributed by atoms with Gasteiger partial charge in [-0.15, -0.1) is 5.10 Å². The number of rotatable bonds is 8. The predicted octanol–water partition coefficient (Wildman–Crippen LogP) is 1.25. The molecule has 0 aliphatic heterocycles. The van der Waals surface area contributed by atoms with Gasteiger partial charge in [-0.25, -0.2) is 15.3 Å². The third-order valence-corrected chi connectivity index (χ3v) is 4.00. The highest BCUT2D eigenvalue weighted by Crippen LogP contribution is 2.18. The highest BCUT2D eigenvalue weighted by atomic mass is 35.5. The third-order valence-electron chi connectivity index (χ3n) is 3.75. The zero-order valence-corrected chi connectivity index (χ0v) is 16.3. The van der Waals surface area contributed by atoms with Gasteiger partial charge in [-0.1, -0.05) is 35.9 Å². The van der Waals surface area contributed by atoms with Crippen LogP contribution >= 0.6 is 11.6 Å². The van der Waals surface area contributed by atoms with Crippen molar-refractivity contribution in [3.05, 3.63) is 85.5 Å². The number of nitrogens with one attached hydrogen (secondary N) is 4. The van der Waals surface area contributed by atoms with Crippen molar-refractivity contribution in [1.29, 1.82) is 0 Å². The summed E-state index contributed by atoms with van der Waals surface area (Å²) in [5.74, 6) is -0.111. The summed E-state index contributed by atoms with van der Waals surface area (Å²) in [5, 5.41) is 12.6. The Morgan fingerprint density at radius 3 is 2.70 bits per heavy atom. The van der Waals surface area contributed by atoms with E-state index in [1.165, 1.54) is 6.21 Å². The number of carbonyl (C=O) groups excluding carboxylic acids is 1. The van der Waals surface area contributed by atoms with Crippen molar-refractivity contribution in [3.8, 4) is 5.75 Å². The number of para-hydroxylation sites is 1. The molecule has 0 aliphatic carbocycles. The molecule has 0 aliphatic rings. The smallest absolute Gasteiger partial charge is 0.342 e. The topological polar surface area (TPSA) is 141 Å². The van der Waals surface area contributed by atoms with Crippen molar-refractivity contribution in [2.75, 3.05) is 11.9 Å². The second-order valence-electron chi connectivity index (χ2n) is 5.96. The molecule has 3 rings (SSSR count). The first kappa shape index (κ1) is 20.8. The Kier molecular flexibility index (Phi) is 6.95. The number of hydrogen-bond donors (Lipinski definition) is 4. The van der Waals surface area contributed by atoms with Crippen LogP contribution in [0, 0.1) is 0 Å². The molecule has 0 spiro atoms. The average molecular weight is 429 g/mol. The number of ether oxygens (including phenoxy) is 1. The lowest BCUT2D eigenvalue weighted by atomic mass is 10.2. The van der Waals surface area contributed by atoms with Crippen LogP contribution in [0.4, 0.5) is 5.82 Å². The number of anilines is 1. The molecule has 4 N–H and O–H groups in total. The van der Waals surface area contributed by atoms with Gasteiger partial charge in [-0.3, -0.25) is 14.6 Å². The summed E-state index contributed by atoms with van der Waals surface area (Å²) in [6.07, 6.45) is 1.44. The normalized spacial score (nSPS) is 10.7. The lowest BCUT2D eigenvalue weighted by molar-refractivity contribution is -0.119. The van der Waals surface area contributed by atoms with E-state index in [9.17, 15) is 14.4 Å². The molecule has 0 unspecified atom stereocenters. The molecule has 10 nitrogen and oxygen atoms in total. The molecule has 1 amide bonds. The minimum absolute atomic E-state index is 0.185. The van der Waals surface area contributed by atoms with E-state index in [4.69, 9.17) is 16.3 Å². The molecule has 1 aromatic heterocycles. The van der Waals surface area contributed by atoms with Crippen LogP contribution in [0.1, 0.15) is 11.1 Å². The van der Waals surface area contributed by atoms with E-state index in [1.54, 1.807) is 24.3 Å². The Bertz CT molecular complexity index is 1160. The van der Waals surface area contributed by atoms with Crippen LogP contribution < -0.4 is 26.7 Å². The summed E-state index contributed by atoms with van der Waals surface area (Å²) < 4.78 is 5.81. The van der Waals surface area contributed by atoms with Crippen molar-refractivity contribution < 1.29 is 9.53 Å². The van der Waals surface area contributed by atoms with Gasteiger partial charge in [0.05, 0.1) is 12.8 Å². The fraction of sp³-hybridized carbons (Fsp3) is 0.105. The minimum atomic E-state index is -0.739. The van der Waals surface area contributed by atoms with Crippen LogP contribution in [-0.4, -0.2) is 33.8 Å². The van der Waals surface area contributed by atoms with Gasteiger partial charge in [0.25, 0.3) is 11.5 Å². The number of halogens is 1. The number of benzene rings is 2. The van der Waals surface area contributed by atoms with E-state index in [-0.39, 0.29) is 12.4 Å². The molecule has 154 valence electrons. The quantitative estimate of drug-likeness (QED) is 0.314. The lowest BCUT2D eigenvalue weighted by Crippen LogP contribution is -2.31. The number of carbonyl (C=O) groups is 1. The summed E-state index contributed by atoms with van der Waals surface area (Å²) in [6.45, 7) is 0.0766. The molecule has 0 saturated carbocycles. The van der Waals surface area contributed by atoms with E-state index in [0.717, 1.165) is 5.56 Å². The molecule has 0 fully saturated rings. The second kappa shape index (κ2) is 10.0. The second-order valence-corrected chi connectivity index (χ2v) is 6.39. The molecule has 0 radical (unpaired) electrons. The zero-order chi connectivity index (χ0) is 21.3. The van der Waals surface area contributed by atoms with Crippen molar-refractivity contribution in [2.45, 2.75) is 6.61 Å². The van der Waals surface area contributed by atoms with Crippen LogP contribution in [0.25, 0.3) is 0 Å². The number of amides is 1. The highest BCUT2D eigenvalue weighted by molar-refractivity contribution is 6.30. The van der Waals surface area contributed by atoms with E-state index in [2.05, 4.69) is 26.0 Å². The molecule has 30 heavy (non-hydrogen) atoms. The Labute approximate surface area is 174 Å². The first-order valence-electron chi connectivity index (χ1n) is 8.72. The molecule has 11 heteroatoms. The predicted molar refractivity (Wildman–Crippen MR) is 112 cm³/mol. The Balaban J connectivity index is 1.54.